The Morgan fingerprint density at radius 1 is 1.64 bits per heavy atom. The van der Waals surface area contributed by atoms with E-state index in [1.807, 2.05) is 13.0 Å². The molecule has 1 heterocycles. The Morgan fingerprint density at radius 2 is 2.43 bits per heavy atom. The smallest absolute Gasteiger partial charge is 0.116 e. The van der Waals surface area contributed by atoms with Crippen molar-refractivity contribution in [3.63, 3.8) is 0 Å². The van der Waals surface area contributed by atoms with E-state index in [2.05, 4.69) is 0 Å². The summed E-state index contributed by atoms with van der Waals surface area (Å²) in [7, 11) is 0. The minimum Gasteiger partial charge on any atom is -0.468 e. The molecule has 0 aromatic carbocycles. The SMILES string of the molecule is Cc1ccoc1CSCC(N)CCO. The lowest BCUT2D eigenvalue weighted by Crippen LogP contribution is -2.24. The third-order valence-electron chi connectivity index (χ3n) is 2.03. The second-order valence-corrected chi connectivity index (χ2v) is 4.34. The highest BCUT2D eigenvalue weighted by Gasteiger charge is 2.05. The molecule has 0 bridgehead atoms. The van der Waals surface area contributed by atoms with E-state index in [1.165, 1.54) is 5.56 Å². The molecule has 1 unspecified atom stereocenters. The molecule has 1 atom stereocenters. The largest absolute Gasteiger partial charge is 0.468 e. The first-order chi connectivity index (χ1) is 6.74. The topological polar surface area (TPSA) is 59.4 Å². The molecule has 3 N–H and O–H groups in total. The minimum atomic E-state index is 0.0836. The lowest BCUT2D eigenvalue weighted by atomic mass is 10.3. The van der Waals surface area contributed by atoms with Crippen LogP contribution in [0.2, 0.25) is 0 Å². The van der Waals surface area contributed by atoms with Gasteiger partial charge in [-0.2, -0.15) is 11.8 Å². The van der Waals surface area contributed by atoms with Crippen molar-refractivity contribution >= 4 is 11.8 Å². The summed E-state index contributed by atoms with van der Waals surface area (Å²) >= 11 is 1.74. The second kappa shape index (κ2) is 6.11. The summed E-state index contributed by atoms with van der Waals surface area (Å²) in [6, 6.07) is 2.05. The molecule has 1 aromatic heterocycles. The molecule has 0 fully saturated rings. The molecule has 1 aromatic rings. The zero-order valence-electron chi connectivity index (χ0n) is 8.40. The first-order valence-corrected chi connectivity index (χ1v) is 5.86. The van der Waals surface area contributed by atoms with Gasteiger partial charge in [-0.15, -0.1) is 0 Å². The third kappa shape index (κ3) is 3.74. The zero-order chi connectivity index (χ0) is 10.4. The van der Waals surface area contributed by atoms with Crippen LogP contribution in [0.4, 0.5) is 0 Å². The molecule has 0 aliphatic heterocycles. The first kappa shape index (κ1) is 11.6. The first-order valence-electron chi connectivity index (χ1n) is 4.71. The van der Waals surface area contributed by atoms with Crippen molar-refractivity contribution in [2.75, 3.05) is 12.4 Å². The number of furan rings is 1. The standard InChI is InChI=1S/C10H17NO2S/c1-8-3-5-13-10(8)7-14-6-9(11)2-4-12/h3,5,9,12H,2,4,6-7,11H2,1H3. The van der Waals surface area contributed by atoms with Crippen LogP contribution in [-0.2, 0) is 5.75 Å². The molecule has 0 amide bonds. The van der Waals surface area contributed by atoms with E-state index in [4.69, 9.17) is 15.3 Å². The van der Waals surface area contributed by atoms with Crippen LogP contribution in [0, 0.1) is 6.92 Å². The van der Waals surface area contributed by atoms with Crippen LogP contribution in [0.3, 0.4) is 0 Å². The molecule has 0 spiro atoms. The van der Waals surface area contributed by atoms with Gasteiger partial charge < -0.3 is 15.3 Å². The monoisotopic (exact) mass is 215 g/mol. The Labute approximate surface area is 88.7 Å². The molecule has 80 valence electrons. The number of aliphatic hydroxyl groups excluding tert-OH is 1. The molecule has 0 aliphatic carbocycles. The molecule has 0 aliphatic rings. The van der Waals surface area contributed by atoms with E-state index in [-0.39, 0.29) is 12.6 Å². The summed E-state index contributed by atoms with van der Waals surface area (Å²) in [5, 5.41) is 8.66. The number of hydrogen-bond donors (Lipinski definition) is 2. The fraction of sp³-hybridized carbons (Fsp3) is 0.600. The summed E-state index contributed by atoms with van der Waals surface area (Å²) in [5.74, 6) is 2.74. The Bertz CT molecular complexity index is 262. The lowest BCUT2D eigenvalue weighted by Gasteiger charge is -2.08. The fourth-order valence-electron chi connectivity index (χ4n) is 1.10. The molecule has 0 saturated carbocycles. The maximum absolute atomic E-state index is 8.66. The van der Waals surface area contributed by atoms with Gasteiger partial charge in [0.1, 0.15) is 5.76 Å². The van der Waals surface area contributed by atoms with Gasteiger partial charge in [-0.05, 0) is 25.0 Å². The number of rotatable bonds is 6. The highest BCUT2D eigenvalue weighted by molar-refractivity contribution is 7.98. The van der Waals surface area contributed by atoms with Gasteiger partial charge in [0.2, 0.25) is 0 Å². The number of thioether (sulfide) groups is 1. The Balaban J connectivity index is 2.19. The van der Waals surface area contributed by atoms with Gasteiger partial charge >= 0.3 is 0 Å². The van der Waals surface area contributed by atoms with Crippen LogP contribution >= 0.6 is 11.8 Å². The van der Waals surface area contributed by atoms with E-state index in [9.17, 15) is 0 Å². The Hall–Kier alpha value is -0.450. The number of aliphatic hydroxyl groups is 1. The lowest BCUT2D eigenvalue weighted by molar-refractivity contribution is 0.279. The summed E-state index contributed by atoms with van der Waals surface area (Å²) in [6.07, 6.45) is 2.38. The molecular formula is C10H17NO2S. The molecule has 14 heavy (non-hydrogen) atoms. The molecule has 0 saturated heterocycles. The van der Waals surface area contributed by atoms with Crippen molar-refractivity contribution in [1.82, 2.24) is 0 Å². The molecule has 4 heteroatoms. The predicted molar refractivity (Wildman–Crippen MR) is 59.3 cm³/mol. The highest BCUT2D eigenvalue weighted by atomic mass is 32.2. The van der Waals surface area contributed by atoms with Gasteiger partial charge in [0.25, 0.3) is 0 Å². The Morgan fingerprint density at radius 3 is 3.00 bits per heavy atom. The van der Waals surface area contributed by atoms with Crippen LogP contribution in [-0.4, -0.2) is 23.5 Å². The van der Waals surface area contributed by atoms with Crippen molar-refractivity contribution in [2.24, 2.45) is 5.73 Å². The van der Waals surface area contributed by atoms with Gasteiger partial charge in [0.15, 0.2) is 0 Å². The average molecular weight is 215 g/mol. The number of nitrogens with two attached hydrogens (primary N) is 1. The van der Waals surface area contributed by atoms with Crippen LogP contribution < -0.4 is 5.73 Å². The van der Waals surface area contributed by atoms with E-state index in [0.717, 1.165) is 17.3 Å². The maximum Gasteiger partial charge on any atom is 0.116 e. The maximum atomic E-state index is 8.66. The summed E-state index contributed by atoms with van der Waals surface area (Å²) < 4.78 is 5.30. The number of hydrogen-bond acceptors (Lipinski definition) is 4. The molecule has 3 nitrogen and oxygen atoms in total. The average Bonchev–Trinajstić information content (AvgIpc) is 2.52. The van der Waals surface area contributed by atoms with E-state index >= 15 is 0 Å². The zero-order valence-corrected chi connectivity index (χ0v) is 9.22. The number of aryl methyl sites for hydroxylation is 1. The summed E-state index contributed by atoms with van der Waals surface area (Å²) in [6.45, 7) is 2.20. The highest BCUT2D eigenvalue weighted by Crippen LogP contribution is 2.17. The normalized spacial score (nSPS) is 13.1. The predicted octanol–water partition coefficient (Wildman–Crippen LogP) is 1.53. The minimum absolute atomic E-state index is 0.0836. The van der Waals surface area contributed by atoms with E-state index < -0.39 is 0 Å². The van der Waals surface area contributed by atoms with Gasteiger partial charge in [-0.3, -0.25) is 0 Å². The van der Waals surface area contributed by atoms with Gasteiger partial charge in [-0.25, -0.2) is 0 Å². The quantitative estimate of drug-likeness (QED) is 0.755. The third-order valence-corrected chi connectivity index (χ3v) is 3.16. The van der Waals surface area contributed by atoms with Crippen LogP contribution in [0.15, 0.2) is 16.7 Å². The summed E-state index contributed by atoms with van der Waals surface area (Å²) in [4.78, 5) is 0. The van der Waals surface area contributed by atoms with Crippen molar-refractivity contribution in [3.05, 3.63) is 23.7 Å². The van der Waals surface area contributed by atoms with Crippen molar-refractivity contribution in [1.29, 1.82) is 0 Å². The fourth-order valence-corrected chi connectivity index (χ4v) is 2.17. The van der Waals surface area contributed by atoms with Gasteiger partial charge in [-0.1, -0.05) is 0 Å². The van der Waals surface area contributed by atoms with E-state index in [1.54, 1.807) is 18.0 Å². The Kier molecular flexibility index (Phi) is 5.07. The van der Waals surface area contributed by atoms with E-state index in [0.29, 0.717) is 6.42 Å². The van der Waals surface area contributed by atoms with Gasteiger partial charge in [0.05, 0.1) is 12.0 Å². The van der Waals surface area contributed by atoms with Crippen LogP contribution in [0.1, 0.15) is 17.7 Å². The van der Waals surface area contributed by atoms with Crippen molar-refractivity contribution in [2.45, 2.75) is 25.1 Å². The molecule has 0 radical (unpaired) electrons. The molecular weight excluding hydrogens is 198 g/mol. The van der Waals surface area contributed by atoms with Crippen LogP contribution in [0.25, 0.3) is 0 Å². The van der Waals surface area contributed by atoms with Crippen LogP contribution in [0.5, 0.6) is 0 Å². The van der Waals surface area contributed by atoms with Crippen molar-refractivity contribution < 1.29 is 9.52 Å². The van der Waals surface area contributed by atoms with Gasteiger partial charge in [0, 0.05) is 18.4 Å². The summed E-state index contributed by atoms with van der Waals surface area (Å²) in [5.41, 5.74) is 6.94. The molecule has 1 rings (SSSR count). The van der Waals surface area contributed by atoms with Crippen molar-refractivity contribution in [3.8, 4) is 0 Å². The second-order valence-electron chi connectivity index (χ2n) is 3.31.